The fourth-order valence-electron chi connectivity index (χ4n) is 3.51. The van der Waals surface area contributed by atoms with Crippen LogP contribution in [0.25, 0.3) is 0 Å². The molecule has 0 aromatic carbocycles. The summed E-state index contributed by atoms with van der Waals surface area (Å²) in [6.07, 6.45) is 0.916. The van der Waals surface area contributed by atoms with Crippen LogP contribution in [0.3, 0.4) is 0 Å². The van der Waals surface area contributed by atoms with Gasteiger partial charge in [-0.3, -0.25) is 4.79 Å². The fourth-order valence-corrected chi connectivity index (χ4v) is 6.47. The van der Waals surface area contributed by atoms with E-state index in [4.69, 9.17) is 21.1 Å². The molecule has 0 spiro atoms. The number of halogens is 1. The van der Waals surface area contributed by atoms with Gasteiger partial charge in [-0.25, -0.2) is 9.97 Å². The maximum atomic E-state index is 11.7. The largest absolute Gasteiger partial charge is 0.361 e. The van der Waals surface area contributed by atoms with Crippen molar-refractivity contribution in [2.75, 3.05) is 13.1 Å². The monoisotopic (exact) mass is 410 g/mol. The molecule has 0 radical (unpaired) electrons. The molecule has 138 valence electrons. The highest BCUT2D eigenvalue weighted by molar-refractivity contribution is 8.00. The van der Waals surface area contributed by atoms with E-state index in [0.29, 0.717) is 27.2 Å². The van der Waals surface area contributed by atoms with Gasteiger partial charge in [-0.15, -0.1) is 11.8 Å². The maximum Gasteiger partial charge on any atom is 0.219 e. The van der Waals surface area contributed by atoms with Crippen LogP contribution in [-0.2, 0) is 10.5 Å². The van der Waals surface area contributed by atoms with E-state index in [1.807, 2.05) is 18.7 Å². The maximum absolute atomic E-state index is 11.7. The van der Waals surface area contributed by atoms with Crippen molar-refractivity contribution in [2.45, 2.75) is 54.3 Å². The smallest absolute Gasteiger partial charge is 0.219 e. The number of likely N-dealkylation sites (tertiary alicyclic amines) is 1. The number of amides is 1. The topological polar surface area (TPSA) is 72.1 Å². The molecular weight excluding hydrogens is 392 g/mol. The van der Waals surface area contributed by atoms with Crippen molar-refractivity contribution in [2.24, 2.45) is 0 Å². The number of nitrogens with zero attached hydrogens (tertiary/aromatic N) is 4. The molecule has 2 unspecified atom stereocenters. The quantitative estimate of drug-likeness (QED) is 0.432. The van der Waals surface area contributed by atoms with Crippen molar-refractivity contribution >= 4 is 41.0 Å². The lowest BCUT2D eigenvalue weighted by molar-refractivity contribution is -0.129. The highest BCUT2D eigenvalue weighted by atomic mass is 35.5. The van der Waals surface area contributed by atoms with Crippen LogP contribution < -0.4 is 0 Å². The third-order valence-corrected chi connectivity index (χ3v) is 7.49. The zero-order valence-corrected chi connectivity index (χ0v) is 17.2. The van der Waals surface area contributed by atoms with Crippen LogP contribution in [-0.4, -0.2) is 44.3 Å². The van der Waals surface area contributed by atoms with Crippen molar-refractivity contribution in [1.82, 2.24) is 20.0 Å². The molecular formula is C17H19ClN4O2S2. The Hall–Kier alpha value is -1.25. The average Bonchev–Trinajstić information content (AvgIpc) is 3.12. The van der Waals surface area contributed by atoms with Gasteiger partial charge < -0.3 is 9.42 Å². The van der Waals surface area contributed by atoms with Crippen molar-refractivity contribution in [1.29, 1.82) is 0 Å². The molecule has 2 aromatic rings. The van der Waals surface area contributed by atoms with Gasteiger partial charge in [-0.05, 0) is 20.3 Å². The first-order chi connectivity index (χ1) is 12.4. The van der Waals surface area contributed by atoms with E-state index >= 15 is 0 Å². The van der Waals surface area contributed by atoms with E-state index in [1.165, 1.54) is 0 Å². The number of fused-ring (bicyclic) bond motifs is 3. The molecule has 1 saturated heterocycles. The minimum absolute atomic E-state index is 0.132. The number of hydrogen-bond acceptors (Lipinski definition) is 7. The molecule has 4 heterocycles. The molecule has 9 heteroatoms. The molecule has 0 bridgehead atoms. The van der Waals surface area contributed by atoms with Gasteiger partial charge in [0, 0.05) is 48.1 Å². The molecule has 0 saturated carbocycles. The Morgan fingerprint density at radius 3 is 2.92 bits per heavy atom. The van der Waals surface area contributed by atoms with E-state index in [-0.39, 0.29) is 5.91 Å². The zero-order valence-electron chi connectivity index (χ0n) is 14.8. The molecule has 6 nitrogen and oxygen atoms in total. The number of hydrogen-bond donors (Lipinski definition) is 0. The predicted molar refractivity (Wildman–Crippen MR) is 102 cm³/mol. The second kappa shape index (κ2) is 7.05. The van der Waals surface area contributed by atoms with Crippen molar-refractivity contribution in [3.05, 3.63) is 27.7 Å². The van der Waals surface area contributed by atoms with Crippen LogP contribution in [0.2, 0.25) is 5.15 Å². The summed E-state index contributed by atoms with van der Waals surface area (Å²) in [5.74, 6) is 1.99. The van der Waals surface area contributed by atoms with E-state index in [2.05, 4.69) is 10.1 Å². The van der Waals surface area contributed by atoms with Gasteiger partial charge in [0.05, 0.1) is 5.69 Å². The highest BCUT2D eigenvalue weighted by Gasteiger charge is 2.41. The second-order valence-corrected chi connectivity index (χ2v) is 9.15. The summed E-state index contributed by atoms with van der Waals surface area (Å²) in [4.78, 5) is 22.9. The Balaban J connectivity index is 1.53. The average molecular weight is 411 g/mol. The van der Waals surface area contributed by atoms with Crippen molar-refractivity contribution in [3.8, 4) is 0 Å². The Morgan fingerprint density at radius 1 is 1.42 bits per heavy atom. The highest BCUT2D eigenvalue weighted by Crippen LogP contribution is 2.50. The zero-order chi connectivity index (χ0) is 18.4. The van der Waals surface area contributed by atoms with E-state index < -0.39 is 0 Å². The molecule has 2 aliphatic rings. The van der Waals surface area contributed by atoms with Crippen molar-refractivity contribution in [3.63, 3.8) is 0 Å². The number of carbonyl (C=O) groups excluding carboxylic acids is 1. The number of rotatable bonds is 3. The molecule has 2 aromatic heterocycles. The molecule has 0 N–H and O–H groups in total. The molecule has 4 rings (SSSR count). The SMILES string of the molecule is CC(=O)N1CCC2c3c(Cl)nc(SCc4c(C)noc4C)nc3SC2C1. The first kappa shape index (κ1) is 18.1. The molecule has 0 aliphatic carbocycles. The molecule has 26 heavy (non-hydrogen) atoms. The van der Waals surface area contributed by atoms with E-state index in [1.54, 1.807) is 30.4 Å². The van der Waals surface area contributed by atoms with Crippen LogP contribution >= 0.6 is 35.1 Å². The summed E-state index contributed by atoms with van der Waals surface area (Å²) < 4.78 is 5.21. The number of carbonyl (C=O) groups is 1. The molecule has 2 atom stereocenters. The van der Waals surface area contributed by atoms with Gasteiger partial charge in [0.2, 0.25) is 5.91 Å². The minimum Gasteiger partial charge on any atom is -0.361 e. The predicted octanol–water partition coefficient (Wildman–Crippen LogP) is 3.84. The Kier molecular flexibility index (Phi) is 4.92. The van der Waals surface area contributed by atoms with E-state index in [0.717, 1.165) is 47.1 Å². The first-order valence-corrected chi connectivity index (χ1v) is 10.7. The third kappa shape index (κ3) is 3.23. The van der Waals surface area contributed by atoms with Crippen LogP contribution in [0.4, 0.5) is 0 Å². The van der Waals surface area contributed by atoms with Gasteiger partial charge in [0.25, 0.3) is 0 Å². The fraction of sp³-hybridized carbons (Fsp3) is 0.529. The van der Waals surface area contributed by atoms with Crippen LogP contribution in [0.15, 0.2) is 14.7 Å². The number of piperidine rings is 1. The summed E-state index contributed by atoms with van der Waals surface area (Å²) in [6, 6.07) is 0. The van der Waals surface area contributed by atoms with Crippen LogP contribution in [0.1, 0.15) is 41.8 Å². The van der Waals surface area contributed by atoms with Crippen molar-refractivity contribution < 1.29 is 9.32 Å². The number of aromatic nitrogens is 3. The van der Waals surface area contributed by atoms with E-state index in [9.17, 15) is 4.79 Å². The Labute approximate surface area is 165 Å². The summed E-state index contributed by atoms with van der Waals surface area (Å²) in [5, 5.41) is 6.48. The lowest BCUT2D eigenvalue weighted by atomic mass is 9.91. The molecule has 1 amide bonds. The first-order valence-electron chi connectivity index (χ1n) is 8.48. The number of aryl methyl sites for hydroxylation is 2. The third-order valence-electron chi connectivity index (χ3n) is 5.01. The Morgan fingerprint density at radius 2 is 2.23 bits per heavy atom. The van der Waals surface area contributed by atoms with Gasteiger partial charge >= 0.3 is 0 Å². The standard InChI is InChI=1S/C17H19ClN4O2S2/c1-8-12(9(2)24-21-8)7-25-17-19-15(18)14-11-4-5-22(10(3)23)6-13(11)26-16(14)20-17/h11,13H,4-7H2,1-3H3. The summed E-state index contributed by atoms with van der Waals surface area (Å²) >= 11 is 9.79. The van der Waals surface area contributed by atoms with Crippen LogP contribution in [0, 0.1) is 13.8 Å². The summed E-state index contributed by atoms with van der Waals surface area (Å²) in [7, 11) is 0. The lowest BCUT2D eigenvalue weighted by Crippen LogP contribution is -2.42. The second-order valence-electron chi connectivity index (χ2n) is 6.62. The molecule has 1 fully saturated rings. The van der Waals surface area contributed by atoms with Crippen LogP contribution in [0.5, 0.6) is 0 Å². The normalized spacial score (nSPS) is 21.6. The minimum atomic E-state index is 0.132. The van der Waals surface area contributed by atoms with Gasteiger partial charge in [-0.1, -0.05) is 28.5 Å². The van der Waals surface area contributed by atoms with Gasteiger partial charge in [-0.2, -0.15) is 0 Å². The van der Waals surface area contributed by atoms with Gasteiger partial charge in [0.1, 0.15) is 15.9 Å². The molecule has 2 aliphatic heterocycles. The van der Waals surface area contributed by atoms with Gasteiger partial charge in [0.15, 0.2) is 5.16 Å². The Bertz CT molecular complexity index is 853. The number of thioether (sulfide) groups is 2. The summed E-state index contributed by atoms with van der Waals surface area (Å²) in [6.45, 7) is 7.00. The summed E-state index contributed by atoms with van der Waals surface area (Å²) in [5.41, 5.74) is 3.03. The lowest BCUT2D eigenvalue weighted by Gasteiger charge is -2.33.